The largest absolute Gasteiger partial charge is 0.497 e. The van der Waals surface area contributed by atoms with Gasteiger partial charge in [0.2, 0.25) is 11.3 Å². The maximum atomic E-state index is 13.3. The van der Waals surface area contributed by atoms with Crippen LogP contribution in [0.15, 0.2) is 47.4 Å². The number of nitrogens with one attached hydrogen (secondary N) is 2. The smallest absolute Gasteiger partial charge is 0.261 e. The average Bonchev–Trinajstić information content (AvgIpc) is 3.34. The lowest BCUT2D eigenvalue weighted by molar-refractivity contribution is -0.129. The highest BCUT2D eigenvalue weighted by Crippen LogP contribution is 2.23. The zero-order valence-electron chi connectivity index (χ0n) is 18.4. The summed E-state index contributed by atoms with van der Waals surface area (Å²) in [5.41, 5.74) is 3.62. The molecule has 2 amide bonds. The van der Waals surface area contributed by atoms with Crippen LogP contribution in [0.3, 0.4) is 0 Å². The van der Waals surface area contributed by atoms with Crippen molar-refractivity contribution in [2.75, 3.05) is 12.4 Å². The van der Waals surface area contributed by atoms with Crippen molar-refractivity contribution in [3.05, 3.63) is 58.4 Å². The number of rotatable bonds is 9. The first-order chi connectivity index (χ1) is 16.5. The second kappa shape index (κ2) is 10.4. The molecule has 0 aliphatic heterocycles. The lowest BCUT2D eigenvalue weighted by atomic mass is 10.1. The fourth-order valence-corrected chi connectivity index (χ4v) is 4.30. The molecule has 0 atom stereocenters. The molecule has 0 aliphatic rings. The highest BCUT2D eigenvalue weighted by molar-refractivity contribution is 7.00. The van der Waals surface area contributed by atoms with Crippen molar-refractivity contribution in [3.8, 4) is 5.75 Å². The summed E-state index contributed by atoms with van der Waals surface area (Å²) < 4.78 is 15.5. The number of unbranched alkanes of at least 4 members (excludes halogenated alkanes) is 2. The van der Waals surface area contributed by atoms with Crippen molar-refractivity contribution in [2.24, 2.45) is 0 Å². The highest BCUT2D eigenvalue weighted by atomic mass is 32.1. The van der Waals surface area contributed by atoms with Crippen LogP contribution in [-0.2, 0) is 11.3 Å². The van der Waals surface area contributed by atoms with E-state index in [9.17, 15) is 14.4 Å². The molecule has 176 valence electrons. The van der Waals surface area contributed by atoms with E-state index < -0.39 is 17.2 Å². The Balaban J connectivity index is 1.64. The van der Waals surface area contributed by atoms with Crippen molar-refractivity contribution in [2.45, 2.75) is 32.2 Å². The van der Waals surface area contributed by atoms with Crippen LogP contribution in [0.4, 0.5) is 5.69 Å². The molecule has 0 bridgehead atoms. The number of hydrogen-bond acceptors (Lipinski definition) is 8. The number of amides is 2. The molecule has 0 fully saturated rings. The molecule has 2 heterocycles. The van der Waals surface area contributed by atoms with E-state index in [1.807, 2.05) is 4.57 Å². The summed E-state index contributed by atoms with van der Waals surface area (Å²) in [5.74, 6) is -0.448. The SMILES string of the molecule is COc1ccc2c(c1)c(=O)c(C(=O)Nc1cccc3nsnc13)cn2CCCCCC(=O)NO. The number of carbonyl (C=O) groups is 2. The summed E-state index contributed by atoms with van der Waals surface area (Å²) in [4.78, 5) is 37.6. The minimum atomic E-state index is -0.538. The van der Waals surface area contributed by atoms with Gasteiger partial charge in [0.05, 0.1) is 35.4 Å². The van der Waals surface area contributed by atoms with Gasteiger partial charge in [-0.25, -0.2) is 5.48 Å². The molecule has 4 aromatic rings. The van der Waals surface area contributed by atoms with Crippen molar-refractivity contribution in [1.29, 1.82) is 0 Å². The number of aryl methyl sites for hydroxylation is 1. The maximum Gasteiger partial charge on any atom is 0.261 e. The number of hydrogen-bond donors (Lipinski definition) is 3. The van der Waals surface area contributed by atoms with Gasteiger partial charge < -0.3 is 14.6 Å². The Bertz CT molecular complexity index is 1410. The minimum Gasteiger partial charge on any atom is -0.497 e. The van der Waals surface area contributed by atoms with Crippen molar-refractivity contribution in [3.63, 3.8) is 0 Å². The topological polar surface area (TPSA) is 135 Å². The number of anilines is 1. The van der Waals surface area contributed by atoms with Gasteiger partial charge in [0.1, 0.15) is 22.3 Å². The summed E-state index contributed by atoms with van der Waals surface area (Å²) in [6, 6.07) is 10.5. The Kier molecular flexibility index (Phi) is 7.14. The molecular formula is C23H23N5O5S. The van der Waals surface area contributed by atoms with Gasteiger partial charge in [0.15, 0.2) is 0 Å². The number of ether oxygens (including phenoxy) is 1. The molecule has 0 unspecified atom stereocenters. The highest BCUT2D eigenvalue weighted by Gasteiger charge is 2.18. The molecule has 0 aliphatic carbocycles. The van der Waals surface area contributed by atoms with Crippen LogP contribution in [0.2, 0.25) is 0 Å². The van der Waals surface area contributed by atoms with Crippen molar-refractivity contribution >= 4 is 51.2 Å². The normalized spacial score (nSPS) is 11.0. The Morgan fingerprint density at radius 1 is 1.15 bits per heavy atom. The van der Waals surface area contributed by atoms with Gasteiger partial charge in [-0.1, -0.05) is 12.5 Å². The quantitative estimate of drug-likeness (QED) is 0.190. The van der Waals surface area contributed by atoms with E-state index in [1.165, 1.54) is 7.11 Å². The van der Waals surface area contributed by atoms with E-state index in [-0.39, 0.29) is 12.0 Å². The molecule has 3 N–H and O–H groups in total. The zero-order chi connectivity index (χ0) is 24.1. The average molecular weight is 482 g/mol. The lowest BCUT2D eigenvalue weighted by Gasteiger charge is -2.14. The first-order valence-corrected chi connectivity index (χ1v) is 11.4. The predicted molar refractivity (Wildman–Crippen MR) is 129 cm³/mol. The van der Waals surface area contributed by atoms with Crippen LogP contribution in [0, 0.1) is 0 Å². The number of nitrogens with zero attached hydrogens (tertiary/aromatic N) is 3. The minimum absolute atomic E-state index is 0.000559. The Morgan fingerprint density at radius 3 is 2.79 bits per heavy atom. The summed E-state index contributed by atoms with van der Waals surface area (Å²) in [6.45, 7) is 0.537. The van der Waals surface area contributed by atoms with Crippen LogP contribution in [0.25, 0.3) is 21.9 Å². The van der Waals surface area contributed by atoms with E-state index in [0.717, 1.165) is 18.1 Å². The summed E-state index contributed by atoms with van der Waals surface area (Å²) in [6.07, 6.45) is 3.85. The molecule has 0 saturated carbocycles. The second-order valence-corrected chi connectivity index (χ2v) is 8.21. The maximum absolute atomic E-state index is 13.3. The third kappa shape index (κ3) is 4.90. The summed E-state index contributed by atoms with van der Waals surface area (Å²) >= 11 is 1.05. The molecule has 0 radical (unpaired) electrons. The van der Waals surface area contributed by atoms with E-state index in [1.54, 1.807) is 48.1 Å². The van der Waals surface area contributed by atoms with Gasteiger partial charge in [-0.2, -0.15) is 8.75 Å². The number of methoxy groups -OCH3 is 1. The fraction of sp³-hybridized carbons (Fsp3) is 0.261. The van der Waals surface area contributed by atoms with Crippen LogP contribution in [0.5, 0.6) is 5.75 Å². The van der Waals surface area contributed by atoms with Gasteiger partial charge in [-0.05, 0) is 43.2 Å². The number of fused-ring (bicyclic) bond motifs is 2. The number of benzene rings is 2. The van der Waals surface area contributed by atoms with Gasteiger partial charge in [-0.15, -0.1) is 0 Å². The Hall–Kier alpha value is -3.83. The van der Waals surface area contributed by atoms with E-state index in [0.29, 0.717) is 52.8 Å². The Morgan fingerprint density at radius 2 is 2.00 bits per heavy atom. The van der Waals surface area contributed by atoms with Gasteiger partial charge in [0.25, 0.3) is 5.91 Å². The van der Waals surface area contributed by atoms with Crippen LogP contribution >= 0.6 is 11.7 Å². The molecule has 2 aromatic heterocycles. The molecule has 4 rings (SSSR count). The third-order valence-electron chi connectivity index (χ3n) is 5.49. The summed E-state index contributed by atoms with van der Waals surface area (Å²) in [5, 5.41) is 11.8. The molecule has 0 saturated heterocycles. The van der Waals surface area contributed by atoms with Gasteiger partial charge >= 0.3 is 0 Å². The second-order valence-electron chi connectivity index (χ2n) is 7.69. The van der Waals surface area contributed by atoms with Crippen LogP contribution in [-0.4, -0.2) is 37.4 Å². The third-order valence-corrected chi connectivity index (χ3v) is 6.04. The van der Waals surface area contributed by atoms with E-state index in [4.69, 9.17) is 9.94 Å². The first kappa shape index (κ1) is 23.3. The van der Waals surface area contributed by atoms with E-state index >= 15 is 0 Å². The van der Waals surface area contributed by atoms with Crippen LogP contribution in [0.1, 0.15) is 36.0 Å². The van der Waals surface area contributed by atoms with Gasteiger partial charge in [0, 0.05) is 19.2 Å². The molecule has 10 nitrogen and oxygen atoms in total. The monoisotopic (exact) mass is 481 g/mol. The van der Waals surface area contributed by atoms with E-state index in [2.05, 4.69) is 14.1 Å². The zero-order valence-corrected chi connectivity index (χ0v) is 19.2. The lowest BCUT2D eigenvalue weighted by Crippen LogP contribution is -2.24. The van der Waals surface area contributed by atoms with Crippen molar-refractivity contribution < 1.29 is 19.5 Å². The first-order valence-electron chi connectivity index (χ1n) is 10.7. The van der Waals surface area contributed by atoms with Crippen LogP contribution < -0.4 is 21.0 Å². The summed E-state index contributed by atoms with van der Waals surface area (Å²) in [7, 11) is 1.52. The molecule has 11 heteroatoms. The fourth-order valence-electron chi connectivity index (χ4n) is 3.75. The molecule has 2 aromatic carbocycles. The number of hydroxylamine groups is 1. The number of carbonyl (C=O) groups excluding carboxylic acids is 2. The van der Waals surface area contributed by atoms with Gasteiger partial charge in [-0.3, -0.25) is 19.6 Å². The Labute approximate surface area is 198 Å². The van der Waals surface area contributed by atoms with Crippen molar-refractivity contribution in [1.82, 2.24) is 18.8 Å². The number of pyridine rings is 1. The standard InChI is InChI=1S/C23H23N5O5S/c1-33-14-9-10-19-15(12-14)22(30)16(13-28(19)11-4-2-3-8-20(29)25-32)23(31)24-17-6-5-7-18-21(17)27-34-26-18/h5-7,9-10,12-13,32H,2-4,8,11H2,1H3,(H,24,31)(H,25,29). The molecule has 0 spiro atoms. The number of aromatic nitrogens is 3. The molecular weight excluding hydrogens is 458 g/mol. The predicted octanol–water partition coefficient (Wildman–Crippen LogP) is 3.33. The molecule has 34 heavy (non-hydrogen) atoms.